The van der Waals surface area contributed by atoms with Gasteiger partial charge in [-0.05, 0) is 18.1 Å². The molecule has 0 fully saturated rings. The van der Waals surface area contributed by atoms with Crippen LogP contribution in [0.1, 0.15) is 30.8 Å². The number of aromatic nitrogens is 1. The molecule has 0 radical (unpaired) electrons. The molecule has 26 heavy (non-hydrogen) atoms. The lowest BCUT2D eigenvalue weighted by atomic mass is 10.2. The molecule has 0 spiro atoms. The number of ether oxygens (including phenoxy) is 1. The summed E-state index contributed by atoms with van der Waals surface area (Å²) in [6.45, 7) is 4.97. The van der Waals surface area contributed by atoms with Gasteiger partial charge in [-0.1, -0.05) is 26.0 Å². The summed E-state index contributed by atoms with van der Waals surface area (Å²) in [4.78, 5) is 28.0. The summed E-state index contributed by atoms with van der Waals surface area (Å²) in [5.41, 5.74) is 1.09. The van der Waals surface area contributed by atoms with Crippen molar-refractivity contribution in [1.29, 1.82) is 0 Å². The summed E-state index contributed by atoms with van der Waals surface area (Å²) in [6, 6.07) is 7.47. The maximum Gasteiger partial charge on any atom is 0.270 e. The normalized spacial score (nSPS) is 10.5. The highest BCUT2D eigenvalue weighted by Gasteiger charge is 2.12. The molecule has 0 unspecified atom stereocenters. The second-order valence-electron chi connectivity index (χ2n) is 6.07. The van der Waals surface area contributed by atoms with Crippen LogP contribution in [0, 0.1) is 5.92 Å². The van der Waals surface area contributed by atoms with E-state index in [1.807, 2.05) is 38.1 Å². The van der Waals surface area contributed by atoms with Crippen LogP contribution in [0.15, 0.2) is 29.6 Å². The number of carbonyl (C=O) groups is 2. The van der Waals surface area contributed by atoms with Crippen LogP contribution in [0.25, 0.3) is 0 Å². The predicted octanol–water partition coefficient (Wildman–Crippen LogP) is 2.79. The maximum atomic E-state index is 12.1. The number of benzene rings is 1. The molecule has 1 heterocycles. The van der Waals surface area contributed by atoms with E-state index in [4.69, 9.17) is 4.74 Å². The highest BCUT2D eigenvalue weighted by molar-refractivity contribution is 7.14. The van der Waals surface area contributed by atoms with Crippen molar-refractivity contribution in [3.63, 3.8) is 0 Å². The molecule has 7 nitrogen and oxygen atoms in total. The van der Waals surface area contributed by atoms with Gasteiger partial charge in [0.1, 0.15) is 11.4 Å². The standard InChI is InChI=1S/C18H24N4O3S/c1-12(2)10-20-16(23)8-9-19-17(24)14-11-26-18(22-14)21-13-6-4-5-7-15(13)25-3/h4-7,11-12H,8-10H2,1-3H3,(H,19,24)(H,20,23)(H,21,22). The third-order valence-corrected chi connectivity index (χ3v) is 4.19. The zero-order valence-corrected chi connectivity index (χ0v) is 16.0. The summed E-state index contributed by atoms with van der Waals surface area (Å²) in [7, 11) is 1.60. The number of rotatable bonds is 9. The van der Waals surface area contributed by atoms with Crippen LogP contribution in [0.2, 0.25) is 0 Å². The average Bonchev–Trinajstić information content (AvgIpc) is 3.09. The van der Waals surface area contributed by atoms with Crippen molar-refractivity contribution in [2.45, 2.75) is 20.3 Å². The zero-order chi connectivity index (χ0) is 18.9. The number of amides is 2. The first-order chi connectivity index (χ1) is 12.5. The summed E-state index contributed by atoms with van der Waals surface area (Å²) in [5, 5.41) is 10.9. The van der Waals surface area contributed by atoms with E-state index >= 15 is 0 Å². The highest BCUT2D eigenvalue weighted by atomic mass is 32.1. The first kappa shape index (κ1) is 19.7. The fourth-order valence-electron chi connectivity index (χ4n) is 2.09. The lowest BCUT2D eigenvalue weighted by Crippen LogP contribution is -2.32. The van der Waals surface area contributed by atoms with Crippen molar-refractivity contribution in [2.75, 3.05) is 25.5 Å². The number of nitrogens with one attached hydrogen (secondary N) is 3. The molecule has 0 saturated heterocycles. The summed E-state index contributed by atoms with van der Waals surface area (Å²) in [6.07, 6.45) is 0.245. The van der Waals surface area contributed by atoms with E-state index in [0.29, 0.717) is 29.0 Å². The lowest BCUT2D eigenvalue weighted by Gasteiger charge is -2.08. The van der Waals surface area contributed by atoms with Crippen LogP contribution in [-0.4, -0.2) is 37.0 Å². The molecule has 0 bridgehead atoms. The van der Waals surface area contributed by atoms with E-state index in [1.54, 1.807) is 12.5 Å². The van der Waals surface area contributed by atoms with Crippen LogP contribution in [0.3, 0.4) is 0 Å². The summed E-state index contributed by atoms with van der Waals surface area (Å²) >= 11 is 1.33. The fourth-order valence-corrected chi connectivity index (χ4v) is 2.79. The van der Waals surface area contributed by atoms with Crippen molar-refractivity contribution < 1.29 is 14.3 Å². The van der Waals surface area contributed by atoms with Gasteiger partial charge < -0.3 is 20.7 Å². The Bertz CT molecular complexity index is 746. The van der Waals surface area contributed by atoms with Gasteiger partial charge in [0, 0.05) is 24.9 Å². The van der Waals surface area contributed by atoms with Gasteiger partial charge in [0.05, 0.1) is 12.8 Å². The molecule has 0 aliphatic rings. The van der Waals surface area contributed by atoms with E-state index in [1.165, 1.54) is 11.3 Å². The number of para-hydroxylation sites is 2. The third kappa shape index (κ3) is 6.03. The number of carbonyl (C=O) groups excluding carboxylic acids is 2. The Morgan fingerprint density at radius 1 is 1.23 bits per heavy atom. The van der Waals surface area contributed by atoms with Crippen molar-refractivity contribution in [3.8, 4) is 5.75 Å². The van der Waals surface area contributed by atoms with Gasteiger partial charge in [0.2, 0.25) is 5.91 Å². The Morgan fingerprint density at radius 2 is 2.00 bits per heavy atom. The van der Waals surface area contributed by atoms with Gasteiger partial charge >= 0.3 is 0 Å². The number of hydrogen-bond donors (Lipinski definition) is 3. The Hall–Kier alpha value is -2.61. The third-order valence-electron chi connectivity index (χ3n) is 3.43. The van der Waals surface area contributed by atoms with E-state index in [2.05, 4.69) is 20.9 Å². The minimum atomic E-state index is -0.300. The molecular formula is C18H24N4O3S. The molecule has 0 aliphatic heterocycles. The SMILES string of the molecule is COc1ccccc1Nc1nc(C(=O)NCCC(=O)NCC(C)C)cs1. The van der Waals surface area contributed by atoms with E-state index in [-0.39, 0.29) is 24.8 Å². The lowest BCUT2D eigenvalue weighted by molar-refractivity contribution is -0.121. The van der Waals surface area contributed by atoms with E-state index < -0.39 is 0 Å². The van der Waals surface area contributed by atoms with Gasteiger partial charge in [-0.2, -0.15) is 0 Å². The van der Waals surface area contributed by atoms with Gasteiger partial charge in [0.15, 0.2) is 5.13 Å². The zero-order valence-electron chi connectivity index (χ0n) is 15.2. The van der Waals surface area contributed by atoms with Crippen molar-refractivity contribution in [1.82, 2.24) is 15.6 Å². The van der Waals surface area contributed by atoms with Crippen LogP contribution in [-0.2, 0) is 4.79 Å². The molecule has 140 valence electrons. The number of methoxy groups -OCH3 is 1. The molecule has 2 aromatic rings. The van der Waals surface area contributed by atoms with Gasteiger partial charge in [-0.3, -0.25) is 9.59 Å². The largest absolute Gasteiger partial charge is 0.495 e. The predicted molar refractivity (Wildman–Crippen MR) is 103 cm³/mol. The monoisotopic (exact) mass is 376 g/mol. The van der Waals surface area contributed by atoms with Crippen molar-refractivity contribution in [3.05, 3.63) is 35.3 Å². The Morgan fingerprint density at radius 3 is 2.73 bits per heavy atom. The number of hydrogen-bond acceptors (Lipinski definition) is 6. The number of nitrogens with zero attached hydrogens (tertiary/aromatic N) is 1. The fraction of sp³-hybridized carbons (Fsp3) is 0.389. The van der Waals surface area contributed by atoms with Crippen LogP contribution < -0.4 is 20.7 Å². The van der Waals surface area contributed by atoms with E-state index in [9.17, 15) is 9.59 Å². The molecule has 0 aliphatic carbocycles. The van der Waals surface area contributed by atoms with Crippen molar-refractivity contribution >= 4 is 34.0 Å². The topological polar surface area (TPSA) is 92.3 Å². The average molecular weight is 376 g/mol. The smallest absolute Gasteiger partial charge is 0.270 e. The molecule has 3 N–H and O–H groups in total. The van der Waals surface area contributed by atoms with Crippen LogP contribution in [0.5, 0.6) is 5.75 Å². The Kier molecular flexibility index (Phi) is 7.40. The van der Waals surface area contributed by atoms with Crippen LogP contribution in [0.4, 0.5) is 10.8 Å². The second-order valence-corrected chi connectivity index (χ2v) is 6.93. The molecule has 2 amide bonds. The minimum Gasteiger partial charge on any atom is -0.495 e. The van der Waals surface area contributed by atoms with Crippen LogP contribution >= 0.6 is 11.3 Å². The van der Waals surface area contributed by atoms with E-state index in [0.717, 1.165) is 5.69 Å². The first-order valence-electron chi connectivity index (χ1n) is 8.40. The quantitative estimate of drug-likeness (QED) is 0.626. The summed E-state index contributed by atoms with van der Waals surface area (Å²) in [5.74, 6) is 0.723. The molecule has 1 aromatic carbocycles. The molecule has 0 saturated carbocycles. The number of thiazole rings is 1. The molecule has 2 rings (SSSR count). The van der Waals surface area contributed by atoms with Crippen molar-refractivity contribution in [2.24, 2.45) is 5.92 Å². The Balaban J connectivity index is 1.83. The Labute approximate surface area is 157 Å². The molecule has 1 aromatic heterocycles. The number of anilines is 2. The first-order valence-corrected chi connectivity index (χ1v) is 9.28. The van der Waals surface area contributed by atoms with Gasteiger partial charge in [-0.25, -0.2) is 4.98 Å². The molecule has 0 atom stereocenters. The highest BCUT2D eigenvalue weighted by Crippen LogP contribution is 2.28. The molecule has 8 heteroatoms. The van der Waals surface area contributed by atoms with Gasteiger partial charge in [-0.15, -0.1) is 11.3 Å². The molecular weight excluding hydrogens is 352 g/mol. The minimum absolute atomic E-state index is 0.0733. The van der Waals surface area contributed by atoms with Gasteiger partial charge in [0.25, 0.3) is 5.91 Å². The maximum absolute atomic E-state index is 12.1. The summed E-state index contributed by atoms with van der Waals surface area (Å²) < 4.78 is 5.28. The second kappa shape index (κ2) is 9.76.